The van der Waals surface area contributed by atoms with Gasteiger partial charge in [0.1, 0.15) is 0 Å². The average Bonchev–Trinajstić information content (AvgIpc) is 2.92. The van der Waals surface area contributed by atoms with Gasteiger partial charge in [0, 0.05) is 52.9 Å². The van der Waals surface area contributed by atoms with Crippen molar-refractivity contribution in [1.82, 2.24) is 9.88 Å². The van der Waals surface area contributed by atoms with E-state index < -0.39 is 0 Å². The van der Waals surface area contributed by atoms with Gasteiger partial charge < -0.3 is 14.6 Å². The van der Waals surface area contributed by atoms with E-state index in [0.717, 1.165) is 44.8 Å². The second-order valence-corrected chi connectivity index (χ2v) is 7.47. The van der Waals surface area contributed by atoms with Crippen LogP contribution in [0, 0.1) is 6.92 Å². The molecule has 0 saturated heterocycles. The second kappa shape index (κ2) is 11.1. The van der Waals surface area contributed by atoms with Gasteiger partial charge in [-0.05, 0) is 56.1 Å². The third kappa shape index (κ3) is 5.43. The Morgan fingerprint density at radius 1 is 1.11 bits per heavy atom. The zero-order chi connectivity index (χ0) is 19.2. The molecule has 28 heavy (non-hydrogen) atoms. The summed E-state index contributed by atoms with van der Waals surface area (Å²) in [7, 11) is 0. The van der Waals surface area contributed by atoms with Crippen molar-refractivity contribution in [1.29, 1.82) is 0 Å². The number of nitrogens with zero attached hydrogens (tertiary/aromatic N) is 1. The van der Waals surface area contributed by atoms with Crippen molar-refractivity contribution in [2.45, 2.75) is 33.4 Å². The fraction of sp³-hybridized carbons (Fsp3) is 0.364. The Labute approximate surface area is 183 Å². The molecule has 1 heterocycles. The van der Waals surface area contributed by atoms with Crippen LogP contribution >= 0.6 is 35.6 Å². The van der Waals surface area contributed by atoms with Crippen LogP contribution in [0.3, 0.4) is 0 Å². The fourth-order valence-electron chi connectivity index (χ4n) is 3.41. The van der Waals surface area contributed by atoms with E-state index >= 15 is 0 Å². The summed E-state index contributed by atoms with van der Waals surface area (Å²) in [5, 5.41) is 6.21. The molecule has 0 aliphatic heterocycles. The Bertz CT molecular complexity index is 908. The lowest BCUT2D eigenvalue weighted by molar-refractivity contribution is 0.144. The van der Waals surface area contributed by atoms with Crippen molar-refractivity contribution in [2.75, 3.05) is 19.8 Å². The summed E-state index contributed by atoms with van der Waals surface area (Å²) >= 11 is 12.5. The molecule has 3 nitrogen and oxygen atoms in total. The van der Waals surface area contributed by atoms with Crippen LogP contribution in [0.5, 0.6) is 0 Å². The molecule has 0 amide bonds. The molecule has 0 aliphatic rings. The summed E-state index contributed by atoms with van der Waals surface area (Å²) in [4.78, 5) is 0. The van der Waals surface area contributed by atoms with Crippen molar-refractivity contribution in [3.63, 3.8) is 0 Å². The number of rotatable bonds is 9. The summed E-state index contributed by atoms with van der Waals surface area (Å²) in [6, 6.07) is 14.3. The van der Waals surface area contributed by atoms with Crippen LogP contribution in [0.1, 0.15) is 30.2 Å². The predicted molar refractivity (Wildman–Crippen MR) is 122 cm³/mol. The standard InChI is InChI=1S/C22H26Cl2N2O.ClH/c1-3-27-12-6-11-25-14-20-16(2)26(22-8-5-4-7-19(20)22)15-17-9-10-18(23)13-21(17)24;/h4-5,7-10,13,25H,3,6,11-12,14-15H2,1-2H3;1H. The molecule has 0 atom stereocenters. The maximum atomic E-state index is 6.41. The lowest BCUT2D eigenvalue weighted by Crippen LogP contribution is -2.17. The molecule has 0 spiro atoms. The first-order valence-electron chi connectivity index (χ1n) is 9.41. The smallest absolute Gasteiger partial charge is 0.0493 e. The first-order chi connectivity index (χ1) is 13.1. The van der Waals surface area contributed by atoms with Crippen LogP contribution < -0.4 is 5.32 Å². The first kappa shape index (κ1) is 23.1. The molecule has 0 bridgehead atoms. The molecule has 2 aromatic carbocycles. The minimum Gasteiger partial charge on any atom is -0.382 e. The van der Waals surface area contributed by atoms with Crippen molar-refractivity contribution >= 4 is 46.5 Å². The quantitative estimate of drug-likeness (QED) is 0.398. The second-order valence-electron chi connectivity index (χ2n) is 6.63. The third-order valence-electron chi connectivity index (χ3n) is 4.85. The predicted octanol–water partition coefficient (Wildman–Crippen LogP) is 6.24. The van der Waals surface area contributed by atoms with E-state index in [9.17, 15) is 0 Å². The van der Waals surface area contributed by atoms with E-state index in [1.165, 1.54) is 22.2 Å². The molecule has 6 heteroatoms. The van der Waals surface area contributed by atoms with Crippen LogP contribution in [0.4, 0.5) is 0 Å². The Kier molecular flexibility index (Phi) is 9.13. The highest BCUT2D eigenvalue weighted by Crippen LogP contribution is 2.29. The van der Waals surface area contributed by atoms with Gasteiger partial charge in [-0.2, -0.15) is 0 Å². The Balaban J connectivity index is 0.00000280. The summed E-state index contributed by atoms with van der Waals surface area (Å²) in [5.41, 5.74) is 4.90. The van der Waals surface area contributed by atoms with E-state index in [0.29, 0.717) is 10.0 Å². The van der Waals surface area contributed by atoms with Crippen molar-refractivity contribution < 1.29 is 4.74 Å². The molecule has 0 aliphatic carbocycles. The minimum absolute atomic E-state index is 0. The highest BCUT2D eigenvalue weighted by atomic mass is 35.5. The number of fused-ring (bicyclic) bond motifs is 1. The summed E-state index contributed by atoms with van der Waals surface area (Å²) < 4.78 is 7.74. The van der Waals surface area contributed by atoms with Crippen molar-refractivity contribution in [3.05, 3.63) is 69.3 Å². The lowest BCUT2D eigenvalue weighted by Gasteiger charge is -2.11. The number of hydrogen-bond donors (Lipinski definition) is 1. The molecule has 0 radical (unpaired) electrons. The Morgan fingerprint density at radius 2 is 1.89 bits per heavy atom. The molecule has 0 saturated carbocycles. The fourth-order valence-corrected chi connectivity index (χ4v) is 3.88. The average molecular weight is 442 g/mol. The molecule has 0 unspecified atom stereocenters. The van der Waals surface area contributed by atoms with Gasteiger partial charge in [0.2, 0.25) is 0 Å². The first-order valence-corrected chi connectivity index (χ1v) is 10.2. The van der Waals surface area contributed by atoms with Crippen LogP contribution in [-0.4, -0.2) is 24.3 Å². The van der Waals surface area contributed by atoms with Gasteiger partial charge in [0.25, 0.3) is 0 Å². The third-order valence-corrected chi connectivity index (χ3v) is 5.44. The maximum Gasteiger partial charge on any atom is 0.0493 e. The van der Waals surface area contributed by atoms with Gasteiger partial charge in [-0.3, -0.25) is 0 Å². The van der Waals surface area contributed by atoms with E-state index in [2.05, 4.69) is 41.1 Å². The lowest BCUT2D eigenvalue weighted by atomic mass is 10.1. The Morgan fingerprint density at radius 3 is 2.64 bits per heavy atom. The number of halogens is 3. The number of hydrogen-bond acceptors (Lipinski definition) is 2. The maximum absolute atomic E-state index is 6.41. The Hall–Kier alpha value is -1.23. The van der Waals surface area contributed by atoms with Gasteiger partial charge in [-0.25, -0.2) is 0 Å². The van der Waals surface area contributed by atoms with E-state index in [1.807, 2.05) is 19.1 Å². The molecule has 3 aromatic rings. The van der Waals surface area contributed by atoms with Crippen molar-refractivity contribution in [2.24, 2.45) is 0 Å². The molecule has 152 valence electrons. The number of aromatic nitrogens is 1. The van der Waals surface area contributed by atoms with Crippen LogP contribution in [-0.2, 0) is 17.8 Å². The molecular formula is C22H27Cl3N2O. The summed E-state index contributed by atoms with van der Waals surface area (Å²) in [6.07, 6.45) is 1.02. The van der Waals surface area contributed by atoms with Gasteiger partial charge in [0.15, 0.2) is 0 Å². The highest BCUT2D eigenvalue weighted by Gasteiger charge is 2.14. The number of benzene rings is 2. The number of nitrogens with one attached hydrogen (secondary N) is 1. The zero-order valence-electron chi connectivity index (χ0n) is 16.3. The highest BCUT2D eigenvalue weighted by molar-refractivity contribution is 6.35. The summed E-state index contributed by atoms with van der Waals surface area (Å²) in [6.45, 7) is 8.31. The van der Waals surface area contributed by atoms with Gasteiger partial charge in [-0.1, -0.05) is 47.5 Å². The molecule has 1 aromatic heterocycles. The van der Waals surface area contributed by atoms with Crippen molar-refractivity contribution in [3.8, 4) is 0 Å². The number of ether oxygens (including phenoxy) is 1. The largest absolute Gasteiger partial charge is 0.382 e. The normalized spacial score (nSPS) is 11.0. The summed E-state index contributed by atoms with van der Waals surface area (Å²) in [5.74, 6) is 0. The van der Waals surface area contributed by atoms with Crippen LogP contribution in [0.15, 0.2) is 42.5 Å². The zero-order valence-corrected chi connectivity index (χ0v) is 18.6. The minimum atomic E-state index is 0. The molecule has 0 fully saturated rings. The molecule has 3 rings (SSSR count). The topological polar surface area (TPSA) is 26.2 Å². The SMILES string of the molecule is CCOCCCNCc1c(C)n(Cc2ccc(Cl)cc2Cl)c2ccccc12.Cl. The van der Waals surface area contributed by atoms with Gasteiger partial charge in [-0.15, -0.1) is 12.4 Å². The molecular weight excluding hydrogens is 415 g/mol. The molecule has 1 N–H and O–H groups in total. The van der Waals surface area contributed by atoms with Crippen LogP contribution in [0.25, 0.3) is 10.9 Å². The van der Waals surface area contributed by atoms with Gasteiger partial charge in [0.05, 0.1) is 0 Å². The van der Waals surface area contributed by atoms with E-state index in [4.69, 9.17) is 27.9 Å². The number of para-hydroxylation sites is 1. The van der Waals surface area contributed by atoms with Crippen LogP contribution in [0.2, 0.25) is 10.0 Å². The van der Waals surface area contributed by atoms with Gasteiger partial charge >= 0.3 is 0 Å². The van der Waals surface area contributed by atoms with E-state index in [1.54, 1.807) is 6.07 Å². The van der Waals surface area contributed by atoms with E-state index in [-0.39, 0.29) is 12.4 Å². The monoisotopic (exact) mass is 440 g/mol.